The van der Waals surface area contributed by atoms with E-state index >= 15 is 0 Å². The number of hydrogen-bond donors (Lipinski definition) is 0. The molecule has 0 N–H and O–H groups in total. The van der Waals surface area contributed by atoms with Gasteiger partial charge in [-0.15, -0.1) is 0 Å². The van der Waals surface area contributed by atoms with Gasteiger partial charge in [-0.1, -0.05) is 60.7 Å². The molecule has 0 saturated heterocycles. The van der Waals surface area contributed by atoms with Crippen molar-refractivity contribution < 1.29 is 23.7 Å². The maximum absolute atomic E-state index is 14.0. The highest BCUT2D eigenvalue weighted by atomic mass is 16.5. The molecule has 200 valence electrons. The summed E-state index contributed by atoms with van der Waals surface area (Å²) in [5, 5.41) is 0.886. The van der Waals surface area contributed by atoms with Gasteiger partial charge in [-0.3, -0.25) is 9.59 Å². The van der Waals surface area contributed by atoms with Crippen LogP contribution in [0.25, 0.3) is 22.0 Å². The van der Waals surface area contributed by atoms with Crippen molar-refractivity contribution in [1.29, 1.82) is 0 Å². The van der Waals surface area contributed by atoms with Crippen LogP contribution in [0.5, 0.6) is 23.0 Å². The Balaban J connectivity index is 1.50. The van der Waals surface area contributed by atoms with E-state index in [1.54, 1.807) is 31.3 Å². The van der Waals surface area contributed by atoms with Gasteiger partial charge in [-0.2, -0.15) is 0 Å². The van der Waals surface area contributed by atoms with E-state index in [1.165, 1.54) is 18.8 Å². The average molecular weight is 534 g/mol. The lowest BCUT2D eigenvalue weighted by Crippen LogP contribution is -2.20. The first-order valence-electron chi connectivity index (χ1n) is 12.9. The largest absolute Gasteiger partial charge is 0.493 e. The molecule has 5 aromatic rings. The number of fused-ring (bicyclic) bond motifs is 5. The molecule has 1 aliphatic rings. The monoisotopic (exact) mass is 533 g/mol. The fourth-order valence-corrected chi connectivity index (χ4v) is 5.16. The van der Waals surface area contributed by atoms with Gasteiger partial charge < -0.3 is 23.5 Å². The lowest BCUT2D eigenvalue weighted by molar-refractivity contribution is 0.104. The van der Waals surface area contributed by atoms with Gasteiger partial charge >= 0.3 is 0 Å². The van der Waals surface area contributed by atoms with E-state index in [0.29, 0.717) is 69.4 Å². The number of benzene rings is 4. The second kappa shape index (κ2) is 10.3. The molecule has 7 nitrogen and oxygen atoms in total. The number of nitrogens with zero attached hydrogens (tertiary/aromatic N) is 1. The highest BCUT2D eigenvalue weighted by molar-refractivity contribution is 6.27. The van der Waals surface area contributed by atoms with Crippen LogP contribution in [-0.4, -0.2) is 24.6 Å². The normalized spacial score (nSPS) is 11.7. The summed E-state index contributed by atoms with van der Waals surface area (Å²) in [6.07, 6.45) is 0. The first-order chi connectivity index (χ1) is 19.5. The van der Waals surface area contributed by atoms with Gasteiger partial charge in [-0.05, 0) is 35.4 Å². The first-order valence-corrected chi connectivity index (χ1v) is 12.9. The number of methoxy groups -OCH3 is 2. The van der Waals surface area contributed by atoms with Crippen molar-refractivity contribution in [2.45, 2.75) is 13.2 Å². The van der Waals surface area contributed by atoms with Gasteiger partial charge in [0.05, 0.1) is 30.9 Å². The first kappa shape index (κ1) is 25.2. The summed E-state index contributed by atoms with van der Waals surface area (Å²) in [6.45, 7) is 0.622. The number of pyridine rings is 1. The third-order valence-corrected chi connectivity index (χ3v) is 7.19. The molecule has 7 heteroatoms. The van der Waals surface area contributed by atoms with E-state index in [-0.39, 0.29) is 11.3 Å². The highest BCUT2D eigenvalue weighted by Gasteiger charge is 2.34. The number of rotatable bonds is 8. The Bertz CT molecular complexity index is 1810. The fraction of sp³-hybridized carbons (Fsp3) is 0.152. The summed E-state index contributed by atoms with van der Waals surface area (Å²) >= 11 is 0. The van der Waals surface area contributed by atoms with Crippen molar-refractivity contribution in [3.8, 4) is 34.3 Å². The number of carbonyl (C=O) groups is 1. The van der Waals surface area contributed by atoms with Crippen LogP contribution in [-0.2, 0) is 20.3 Å². The zero-order valence-corrected chi connectivity index (χ0v) is 22.4. The summed E-state index contributed by atoms with van der Waals surface area (Å²) in [5.74, 6) is 1.60. The van der Waals surface area contributed by atoms with Crippen molar-refractivity contribution in [1.82, 2.24) is 4.57 Å². The zero-order valence-electron chi connectivity index (χ0n) is 22.4. The van der Waals surface area contributed by atoms with E-state index in [0.717, 1.165) is 11.1 Å². The molecule has 0 atom stereocenters. The molecule has 0 spiro atoms. The maximum atomic E-state index is 14.0. The van der Waals surface area contributed by atoms with Crippen LogP contribution < -0.4 is 24.5 Å². The van der Waals surface area contributed by atoms with E-state index in [1.807, 2.05) is 60.7 Å². The molecule has 1 aromatic heterocycles. The van der Waals surface area contributed by atoms with Gasteiger partial charge in [0.15, 0.2) is 28.8 Å². The predicted octanol–water partition coefficient (Wildman–Crippen LogP) is 5.93. The van der Waals surface area contributed by atoms with Gasteiger partial charge in [-0.25, -0.2) is 0 Å². The Morgan fingerprint density at radius 3 is 1.65 bits per heavy atom. The Labute approximate surface area is 231 Å². The molecule has 6 rings (SSSR count). The van der Waals surface area contributed by atoms with E-state index in [2.05, 4.69) is 0 Å². The van der Waals surface area contributed by atoms with Crippen LogP contribution in [0.2, 0.25) is 0 Å². The molecule has 0 bridgehead atoms. The van der Waals surface area contributed by atoms with Crippen LogP contribution in [0.4, 0.5) is 0 Å². The van der Waals surface area contributed by atoms with E-state index in [9.17, 15) is 9.59 Å². The Hall–Kier alpha value is -5.04. The summed E-state index contributed by atoms with van der Waals surface area (Å²) in [4.78, 5) is 27.4. The summed E-state index contributed by atoms with van der Waals surface area (Å²) in [7, 11) is 4.70. The quantitative estimate of drug-likeness (QED) is 0.242. The molecule has 0 unspecified atom stereocenters. The number of carbonyl (C=O) groups excluding carboxylic acids is 1. The molecular formula is C33H27NO6. The van der Waals surface area contributed by atoms with Crippen molar-refractivity contribution in [3.05, 3.63) is 118 Å². The fourth-order valence-electron chi connectivity index (χ4n) is 5.16. The highest BCUT2D eigenvalue weighted by Crippen LogP contribution is 2.46. The summed E-state index contributed by atoms with van der Waals surface area (Å²) < 4.78 is 24.9. The van der Waals surface area contributed by atoms with Gasteiger partial charge in [0.25, 0.3) is 5.56 Å². The van der Waals surface area contributed by atoms with Gasteiger partial charge in [0.2, 0.25) is 0 Å². The molecule has 0 fully saturated rings. The second-order valence-electron chi connectivity index (χ2n) is 9.56. The number of aromatic nitrogens is 1. The minimum Gasteiger partial charge on any atom is -0.493 e. The lowest BCUT2D eigenvalue weighted by atomic mass is 10.0. The third-order valence-electron chi connectivity index (χ3n) is 7.19. The molecule has 0 radical (unpaired) electrons. The molecule has 0 aliphatic heterocycles. The molecule has 4 aromatic carbocycles. The molecule has 1 aliphatic carbocycles. The maximum Gasteiger partial charge on any atom is 0.258 e. The van der Waals surface area contributed by atoms with Crippen LogP contribution in [0.1, 0.15) is 27.0 Å². The van der Waals surface area contributed by atoms with Gasteiger partial charge in [0.1, 0.15) is 13.2 Å². The minimum absolute atomic E-state index is 0.197. The Morgan fingerprint density at radius 2 is 1.12 bits per heavy atom. The van der Waals surface area contributed by atoms with Crippen molar-refractivity contribution >= 4 is 16.6 Å². The molecule has 40 heavy (non-hydrogen) atoms. The van der Waals surface area contributed by atoms with Crippen LogP contribution in [0, 0.1) is 0 Å². The van der Waals surface area contributed by atoms with Crippen molar-refractivity contribution in [2.24, 2.45) is 7.05 Å². The number of ketones is 1. The predicted molar refractivity (Wildman–Crippen MR) is 153 cm³/mol. The van der Waals surface area contributed by atoms with Crippen LogP contribution in [0.15, 0.2) is 89.7 Å². The molecule has 1 heterocycles. The molecular weight excluding hydrogens is 506 g/mol. The summed E-state index contributed by atoms with van der Waals surface area (Å²) in [5.41, 5.74) is 3.76. The number of hydrogen-bond acceptors (Lipinski definition) is 6. The Kier molecular flexibility index (Phi) is 6.48. The van der Waals surface area contributed by atoms with Crippen molar-refractivity contribution in [3.63, 3.8) is 0 Å². The van der Waals surface area contributed by atoms with E-state index in [4.69, 9.17) is 18.9 Å². The summed E-state index contributed by atoms with van der Waals surface area (Å²) in [6, 6.07) is 26.4. The average Bonchev–Trinajstić information content (AvgIpc) is 3.28. The number of ether oxygens (including phenoxy) is 4. The minimum atomic E-state index is -0.244. The molecule has 0 saturated carbocycles. The zero-order chi connectivity index (χ0) is 27.8. The van der Waals surface area contributed by atoms with Gasteiger partial charge in [0, 0.05) is 23.6 Å². The molecule has 0 amide bonds. The lowest BCUT2D eigenvalue weighted by Gasteiger charge is -2.16. The smallest absolute Gasteiger partial charge is 0.258 e. The topological polar surface area (TPSA) is 76.0 Å². The standard InChI is InChI=1S/C33H27NO6/c1-34-31-23-15-28(39-18-20-10-6-4-7-11-20)29(40-19-21-12-8-5-9-13-21)16-24(23)32(35)30(31)22-14-26(37-2)27(38-3)17-25(22)33(34)36/h4-17H,18-19H2,1-3H3. The van der Waals surface area contributed by atoms with Crippen LogP contribution >= 0.6 is 0 Å². The van der Waals surface area contributed by atoms with E-state index < -0.39 is 0 Å². The third kappa shape index (κ3) is 4.25. The second-order valence-corrected chi connectivity index (χ2v) is 9.56. The SMILES string of the molecule is COc1cc2c3c(n(C)c(=O)c2cc1OC)-c1cc(OCc2ccccc2)c(OCc2ccccc2)cc1C3=O. The van der Waals surface area contributed by atoms with Crippen molar-refractivity contribution in [2.75, 3.05) is 14.2 Å². The Morgan fingerprint density at radius 1 is 0.625 bits per heavy atom. The van der Waals surface area contributed by atoms with Crippen LogP contribution in [0.3, 0.4) is 0 Å².